The van der Waals surface area contributed by atoms with Gasteiger partial charge in [0.2, 0.25) is 0 Å². The average Bonchev–Trinajstić information content (AvgIpc) is 3.42. The van der Waals surface area contributed by atoms with Crippen molar-refractivity contribution in [2.75, 3.05) is 23.4 Å². The van der Waals surface area contributed by atoms with Gasteiger partial charge in [-0.3, -0.25) is 19.1 Å². The van der Waals surface area contributed by atoms with Crippen LogP contribution in [0.3, 0.4) is 0 Å². The first-order chi connectivity index (χ1) is 19.8. The summed E-state index contributed by atoms with van der Waals surface area (Å²) in [5, 5.41) is 16.7. The maximum atomic E-state index is 14.5. The van der Waals surface area contributed by atoms with Crippen molar-refractivity contribution >= 4 is 29.2 Å². The molecule has 0 radical (unpaired) electrons. The molecule has 1 fully saturated rings. The highest BCUT2D eigenvalue weighted by Crippen LogP contribution is 2.25. The lowest BCUT2D eigenvalue weighted by molar-refractivity contribution is -0.150. The van der Waals surface area contributed by atoms with Gasteiger partial charge in [0.15, 0.2) is 18.0 Å². The first-order valence-electron chi connectivity index (χ1n) is 12.4. The molecule has 4 aromatic rings. The molecule has 1 saturated heterocycles. The molecule has 3 N–H and O–H groups in total. The number of aromatic amines is 1. The molecule has 2 amide bonds. The number of morpholine rings is 1. The smallest absolute Gasteiger partial charge is 0.439 e. The molecule has 0 saturated carbocycles. The van der Waals surface area contributed by atoms with Crippen LogP contribution < -0.4 is 16.0 Å². The Kier molecular flexibility index (Phi) is 7.99. The van der Waals surface area contributed by atoms with Crippen molar-refractivity contribution in [2.24, 2.45) is 0 Å². The highest BCUT2D eigenvalue weighted by atomic mass is 19.1. The molecule has 5 rings (SSSR count). The van der Waals surface area contributed by atoms with Gasteiger partial charge in [0, 0.05) is 23.5 Å². The molecule has 1 aromatic heterocycles. The van der Waals surface area contributed by atoms with E-state index in [2.05, 4.69) is 20.0 Å². The topological polar surface area (TPSA) is 164 Å². The first-order valence-corrected chi connectivity index (χ1v) is 12.4. The minimum absolute atomic E-state index is 0.00275. The van der Waals surface area contributed by atoms with E-state index in [-0.39, 0.29) is 42.5 Å². The van der Waals surface area contributed by atoms with Gasteiger partial charge in [-0.25, -0.2) is 14.0 Å². The highest BCUT2D eigenvalue weighted by molar-refractivity contribution is 6.04. The normalized spacial score (nSPS) is 15.8. The fourth-order valence-electron chi connectivity index (χ4n) is 4.16. The maximum Gasteiger partial charge on any atom is 0.439 e. The third-order valence-corrected chi connectivity index (χ3v) is 6.19. The predicted molar refractivity (Wildman–Crippen MR) is 141 cm³/mol. The highest BCUT2D eigenvalue weighted by Gasteiger charge is 2.39. The number of H-pyrrole nitrogens is 1. The Morgan fingerprint density at radius 2 is 1.88 bits per heavy atom. The summed E-state index contributed by atoms with van der Waals surface area (Å²) in [7, 11) is 0. The number of anilines is 2. The van der Waals surface area contributed by atoms with Gasteiger partial charge in [0.1, 0.15) is 12.4 Å². The summed E-state index contributed by atoms with van der Waals surface area (Å²) >= 11 is 0. The van der Waals surface area contributed by atoms with Gasteiger partial charge < -0.3 is 24.8 Å². The third-order valence-electron chi connectivity index (χ3n) is 6.19. The van der Waals surface area contributed by atoms with E-state index in [1.807, 2.05) is 6.07 Å². The lowest BCUT2D eigenvalue weighted by atomic mass is 10.1. The number of hydrogen-bond acceptors (Lipinski definition) is 9. The van der Waals surface area contributed by atoms with Crippen molar-refractivity contribution in [2.45, 2.75) is 18.8 Å². The van der Waals surface area contributed by atoms with E-state index in [9.17, 15) is 28.7 Å². The number of aliphatic hydroxyl groups is 1. The van der Waals surface area contributed by atoms with Gasteiger partial charge in [-0.1, -0.05) is 35.5 Å². The predicted octanol–water partition coefficient (Wildman–Crippen LogP) is 2.26. The fourth-order valence-corrected chi connectivity index (χ4v) is 4.16. The summed E-state index contributed by atoms with van der Waals surface area (Å²) in [6.45, 7) is -0.0826. The number of aromatic nitrogens is 2. The van der Waals surface area contributed by atoms with Gasteiger partial charge >= 0.3 is 11.7 Å². The van der Waals surface area contributed by atoms with Crippen molar-refractivity contribution in [1.82, 2.24) is 10.1 Å². The zero-order chi connectivity index (χ0) is 28.9. The second-order valence-electron chi connectivity index (χ2n) is 9.00. The van der Waals surface area contributed by atoms with Crippen LogP contribution in [0.1, 0.15) is 15.9 Å². The van der Waals surface area contributed by atoms with Crippen LogP contribution in [0.2, 0.25) is 0 Å². The molecule has 1 aliphatic heterocycles. The number of amides is 2. The Bertz CT molecular complexity index is 1620. The van der Waals surface area contributed by atoms with Crippen LogP contribution in [0.5, 0.6) is 0 Å². The Hall–Kier alpha value is -5.14. The minimum atomic E-state index is -1.90. The van der Waals surface area contributed by atoms with Gasteiger partial charge in [-0.05, 0) is 48.0 Å². The monoisotopic (exact) mass is 562 g/mol. The van der Waals surface area contributed by atoms with Crippen molar-refractivity contribution in [3.63, 3.8) is 0 Å². The Morgan fingerprint density at radius 3 is 2.59 bits per heavy atom. The zero-order valence-electron chi connectivity index (χ0n) is 21.3. The van der Waals surface area contributed by atoms with E-state index >= 15 is 0 Å². The molecule has 0 unspecified atom stereocenters. The number of nitrogens with one attached hydrogen (secondary N) is 2. The lowest BCUT2D eigenvalue weighted by Crippen LogP contribution is -2.55. The summed E-state index contributed by atoms with van der Waals surface area (Å²) in [6.07, 6.45) is -3.49. The Labute approximate surface area is 231 Å². The number of carbonyl (C=O) groups is 3. The van der Waals surface area contributed by atoms with E-state index in [0.29, 0.717) is 5.56 Å². The number of carbonyl (C=O) groups excluding carboxylic acids is 3. The average molecular weight is 563 g/mol. The largest absolute Gasteiger partial charge is 0.457 e. The molecular formula is C28H23FN4O8. The number of esters is 1. The molecule has 2 atom stereocenters. The Morgan fingerprint density at radius 1 is 1.12 bits per heavy atom. The van der Waals surface area contributed by atoms with E-state index in [4.69, 9.17) is 9.47 Å². The van der Waals surface area contributed by atoms with Crippen LogP contribution in [0.4, 0.5) is 15.8 Å². The second-order valence-corrected chi connectivity index (χ2v) is 9.00. The number of aliphatic hydroxyl groups excluding tert-OH is 1. The Balaban J connectivity index is 1.25. The molecule has 1 aliphatic rings. The van der Waals surface area contributed by atoms with E-state index < -0.39 is 41.6 Å². The third kappa shape index (κ3) is 6.37. The van der Waals surface area contributed by atoms with Gasteiger partial charge in [-0.2, -0.15) is 0 Å². The van der Waals surface area contributed by atoms with E-state index in [1.54, 1.807) is 36.4 Å². The van der Waals surface area contributed by atoms with E-state index in [0.717, 1.165) is 22.6 Å². The summed E-state index contributed by atoms with van der Waals surface area (Å²) in [4.78, 5) is 53.2. The van der Waals surface area contributed by atoms with Crippen LogP contribution in [0, 0.1) is 5.82 Å². The summed E-state index contributed by atoms with van der Waals surface area (Å²) in [6, 6.07) is 18.4. The summed E-state index contributed by atoms with van der Waals surface area (Å²) in [5.41, 5.74) is 1.48. The number of halogens is 1. The van der Waals surface area contributed by atoms with Crippen molar-refractivity contribution in [3.8, 4) is 11.4 Å². The standard InChI is InChI=1S/C28H23FN4O8/c29-19-12-18(27(37)40-15-16-4-2-1-3-5-16)13-21(14-19)33-10-11-39-23(26(33)36)22(34)25(35)30-20-8-6-17(7-9-20)24-31-28(38)41-32-24/h1-9,12-14,22-23,34H,10-11,15H2,(H,30,35)(H,31,32,38)/t22-,23-/m1/s1. The first kappa shape index (κ1) is 27.4. The number of benzene rings is 3. The molecule has 13 heteroatoms. The molecule has 12 nitrogen and oxygen atoms in total. The van der Waals surface area contributed by atoms with Gasteiger partial charge in [0.25, 0.3) is 11.8 Å². The van der Waals surface area contributed by atoms with Crippen LogP contribution >= 0.6 is 0 Å². The summed E-state index contributed by atoms with van der Waals surface area (Å²) < 4.78 is 29.6. The lowest BCUT2D eigenvalue weighted by Gasteiger charge is -2.34. The van der Waals surface area contributed by atoms with Crippen molar-refractivity contribution in [1.29, 1.82) is 0 Å². The van der Waals surface area contributed by atoms with Crippen LogP contribution in [0.15, 0.2) is 82.1 Å². The number of ether oxygens (including phenoxy) is 2. The molecule has 210 valence electrons. The van der Waals surface area contributed by atoms with Gasteiger partial charge in [0.05, 0.1) is 12.2 Å². The van der Waals surface area contributed by atoms with E-state index in [1.165, 1.54) is 18.2 Å². The second kappa shape index (κ2) is 11.9. The molecule has 0 spiro atoms. The molecular weight excluding hydrogens is 539 g/mol. The zero-order valence-corrected chi connectivity index (χ0v) is 21.3. The number of nitrogens with zero attached hydrogens (tertiary/aromatic N) is 2. The van der Waals surface area contributed by atoms with Crippen LogP contribution in [-0.2, 0) is 25.7 Å². The number of hydrogen-bond donors (Lipinski definition) is 3. The molecule has 0 bridgehead atoms. The van der Waals surface area contributed by atoms with Crippen LogP contribution in [-0.4, -0.2) is 58.4 Å². The molecule has 3 aromatic carbocycles. The summed E-state index contributed by atoms with van der Waals surface area (Å²) in [5.74, 6) is -3.80. The van der Waals surface area contributed by atoms with Crippen LogP contribution in [0.25, 0.3) is 11.4 Å². The number of rotatable bonds is 8. The molecule has 41 heavy (non-hydrogen) atoms. The SMILES string of the molecule is O=C(OCc1ccccc1)c1cc(F)cc(N2CCO[C@H]([C@@H](O)C(=O)Nc3ccc(-c4noc(=O)[nH]4)cc3)C2=O)c1. The fraction of sp³-hybridized carbons (Fsp3) is 0.179. The molecule has 2 heterocycles. The van der Waals surface area contributed by atoms with Gasteiger partial charge in [-0.15, -0.1) is 0 Å². The molecule has 0 aliphatic carbocycles. The maximum absolute atomic E-state index is 14.5. The quantitative estimate of drug-likeness (QED) is 0.273. The minimum Gasteiger partial charge on any atom is -0.457 e. The van der Waals surface area contributed by atoms with Crippen molar-refractivity contribution < 1.29 is 37.9 Å². The van der Waals surface area contributed by atoms with Crippen molar-refractivity contribution in [3.05, 3.63) is 100 Å².